The lowest BCUT2D eigenvalue weighted by Crippen LogP contribution is -2.36. The molecule has 24 heavy (non-hydrogen) atoms. The first-order chi connectivity index (χ1) is 11.8. The lowest BCUT2D eigenvalue weighted by molar-refractivity contribution is 0.0617. The summed E-state index contributed by atoms with van der Waals surface area (Å²) in [4.78, 5) is 0. The van der Waals surface area contributed by atoms with Crippen LogP contribution in [0.25, 0.3) is 0 Å². The van der Waals surface area contributed by atoms with Crippen LogP contribution in [0.2, 0.25) is 0 Å². The molecule has 126 valence electrons. The third-order valence-electron chi connectivity index (χ3n) is 4.40. The van der Waals surface area contributed by atoms with Crippen LogP contribution in [0.4, 0.5) is 0 Å². The summed E-state index contributed by atoms with van der Waals surface area (Å²) in [6, 6.07) is 5.23. The van der Waals surface area contributed by atoms with Crippen LogP contribution in [-0.2, 0) is 9.47 Å². The maximum absolute atomic E-state index is 5.98. The van der Waals surface area contributed by atoms with E-state index >= 15 is 0 Å². The predicted octanol–water partition coefficient (Wildman–Crippen LogP) is -0.140. The lowest BCUT2D eigenvalue weighted by atomic mass is 10.1. The number of hydrogen-bond acceptors (Lipinski definition) is 9. The van der Waals surface area contributed by atoms with E-state index in [1.54, 1.807) is 22.9 Å². The van der Waals surface area contributed by atoms with E-state index in [-0.39, 0.29) is 37.1 Å². The highest BCUT2D eigenvalue weighted by molar-refractivity contribution is 5.47. The Labute approximate surface area is 136 Å². The van der Waals surface area contributed by atoms with Crippen molar-refractivity contribution in [2.75, 3.05) is 20.0 Å². The van der Waals surface area contributed by atoms with Crippen LogP contribution in [0.3, 0.4) is 0 Å². The lowest BCUT2D eigenvalue weighted by Gasteiger charge is -2.16. The average Bonchev–Trinajstić information content (AvgIpc) is 3.33. The summed E-state index contributed by atoms with van der Waals surface area (Å²) in [6.07, 6.45) is -0.319. The molecule has 1 aromatic carbocycles. The number of hydrogen-bond donors (Lipinski definition) is 1. The van der Waals surface area contributed by atoms with Crippen LogP contribution in [-0.4, -0.2) is 58.5 Å². The van der Waals surface area contributed by atoms with Gasteiger partial charge in [-0.15, -0.1) is 0 Å². The zero-order chi connectivity index (χ0) is 16.1. The van der Waals surface area contributed by atoms with Crippen molar-refractivity contribution >= 4 is 0 Å². The predicted molar refractivity (Wildman–Crippen MR) is 76.9 cm³/mol. The first-order valence-electron chi connectivity index (χ1n) is 7.64. The van der Waals surface area contributed by atoms with Crippen LogP contribution < -0.4 is 19.9 Å². The molecule has 0 bridgehead atoms. The van der Waals surface area contributed by atoms with Crippen LogP contribution in [0.5, 0.6) is 23.3 Å². The van der Waals surface area contributed by atoms with E-state index in [1.165, 1.54) is 0 Å². The molecule has 5 rings (SSSR count). The van der Waals surface area contributed by atoms with Crippen LogP contribution in [0.15, 0.2) is 18.2 Å². The maximum Gasteiger partial charge on any atom is 0.341 e. The molecule has 4 heterocycles. The molecule has 10 nitrogen and oxygen atoms in total. The standard InChI is InChI=1S/C14H15N5O5/c15-8-4-20-13-9(5-21-12(8)13)19-14(16-17-18-19)24-7-1-2-10-11(3-7)23-6-22-10/h1-3,8-9,12-13H,4-6,15H2. The molecule has 1 aromatic heterocycles. The molecule has 0 aliphatic carbocycles. The van der Waals surface area contributed by atoms with Crippen LogP contribution in [0.1, 0.15) is 6.04 Å². The van der Waals surface area contributed by atoms with Crippen LogP contribution in [0, 0.1) is 0 Å². The fourth-order valence-electron chi connectivity index (χ4n) is 3.22. The summed E-state index contributed by atoms with van der Waals surface area (Å²) in [7, 11) is 0. The molecular weight excluding hydrogens is 318 g/mol. The van der Waals surface area contributed by atoms with Gasteiger partial charge in [0.25, 0.3) is 0 Å². The molecule has 4 atom stereocenters. The van der Waals surface area contributed by atoms with Gasteiger partial charge in [-0.3, -0.25) is 0 Å². The van der Waals surface area contributed by atoms with Gasteiger partial charge in [0.2, 0.25) is 6.79 Å². The van der Waals surface area contributed by atoms with Crippen molar-refractivity contribution in [3.63, 3.8) is 0 Å². The molecule has 3 aliphatic heterocycles. The minimum absolute atomic E-state index is 0.130. The summed E-state index contributed by atoms with van der Waals surface area (Å²) in [5, 5.41) is 11.7. The summed E-state index contributed by atoms with van der Waals surface area (Å²) in [5.41, 5.74) is 5.98. The number of rotatable bonds is 3. The van der Waals surface area contributed by atoms with Crippen molar-refractivity contribution in [2.24, 2.45) is 5.73 Å². The summed E-state index contributed by atoms with van der Waals surface area (Å²) < 4.78 is 29.5. The number of benzene rings is 1. The average molecular weight is 333 g/mol. The highest BCUT2D eigenvalue weighted by atomic mass is 16.7. The van der Waals surface area contributed by atoms with Crippen molar-refractivity contribution in [1.29, 1.82) is 0 Å². The monoisotopic (exact) mass is 333 g/mol. The second kappa shape index (κ2) is 5.30. The Bertz CT molecular complexity index is 768. The molecule has 3 aliphatic rings. The Kier molecular flexibility index (Phi) is 3.08. The van der Waals surface area contributed by atoms with Gasteiger partial charge in [0.1, 0.15) is 24.0 Å². The Morgan fingerprint density at radius 2 is 2.00 bits per heavy atom. The Morgan fingerprint density at radius 1 is 1.12 bits per heavy atom. The van der Waals surface area contributed by atoms with Crippen molar-refractivity contribution in [2.45, 2.75) is 24.3 Å². The number of ether oxygens (including phenoxy) is 5. The van der Waals surface area contributed by atoms with Crippen molar-refractivity contribution in [3.05, 3.63) is 18.2 Å². The van der Waals surface area contributed by atoms with Gasteiger partial charge in [-0.25, -0.2) is 0 Å². The van der Waals surface area contributed by atoms with Gasteiger partial charge in [0, 0.05) is 6.07 Å². The van der Waals surface area contributed by atoms with Gasteiger partial charge in [0.05, 0.1) is 19.3 Å². The van der Waals surface area contributed by atoms with Gasteiger partial charge < -0.3 is 29.4 Å². The molecule has 4 unspecified atom stereocenters. The quantitative estimate of drug-likeness (QED) is 0.819. The molecule has 2 saturated heterocycles. The molecule has 2 N–H and O–H groups in total. The minimum Gasteiger partial charge on any atom is -0.454 e. The Hall–Kier alpha value is -2.43. The smallest absolute Gasteiger partial charge is 0.341 e. The van der Waals surface area contributed by atoms with Crippen molar-refractivity contribution in [3.8, 4) is 23.3 Å². The molecular formula is C14H15N5O5. The van der Waals surface area contributed by atoms with E-state index in [0.29, 0.717) is 30.5 Å². The molecule has 0 saturated carbocycles. The normalized spacial score (nSPS) is 30.5. The second-order valence-electron chi connectivity index (χ2n) is 5.85. The van der Waals surface area contributed by atoms with Crippen molar-refractivity contribution < 1.29 is 23.7 Å². The largest absolute Gasteiger partial charge is 0.454 e. The SMILES string of the molecule is NC1COC2C1OCC2n1nnnc1Oc1ccc2c(c1)OCO2. The third kappa shape index (κ3) is 2.11. The first kappa shape index (κ1) is 14.0. The van der Waals surface area contributed by atoms with Crippen molar-refractivity contribution in [1.82, 2.24) is 20.2 Å². The number of nitrogens with zero attached hydrogens (tertiary/aromatic N) is 4. The number of fused-ring (bicyclic) bond motifs is 2. The summed E-state index contributed by atoms with van der Waals surface area (Å²) in [5.74, 6) is 1.86. The first-order valence-corrected chi connectivity index (χ1v) is 7.64. The van der Waals surface area contributed by atoms with Gasteiger partial charge in [-0.05, 0) is 22.6 Å². The molecule has 0 radical (unpaired) electrons. The summed E-state index contributed by atoms with van der Waals surface area (Å²) in [6.45, 7) is 1.09. The van der Waals surface area contributed by atoms with E-state index in [4.69, 9.17) is 29.4 Å². The van der Waals surface area contributed by atoms with Gasteiger partial charge in [-0.1, -0.05) is 5.10 Å². The van der Waals surface area contributed by atoms with Gasteiger partial charge in [-0.2, -0.15) is 4.68 Å². The number of tetrazole rings is 1. The van der Waals surface area contributed by atoms with E-state index in [1.807, 2.05) is 0 Å². The molecule has 10 heteroatoms. The number of nitrogens with two attached hydrogens (primary N) is 1. The Balaban J connectivity index is 1.40. The fraction of sp³-hybridized carbons (Fsp3) is 0.500. The van der Waals surface area contributed by atoms with E-state index < -0.39 is 0 Å². The molecule has 0 spiro atoms. The molecule has 0 amide bonds. The third-order valence-corrected chi connectivity index (χ3v) is 4.40. The second-order valence-corrected chi connectivity index (χ2v) is 5.85. The molecule has 2 fully saturated rings. The maximum atomic E-state index is 5.98. The highest BCUT2D eigenvalue weighted by Gasteiger charge is 2.48. The molecule has 2 aromatic rings. The highest BCUT2D eigenvalue weighted by Crippen LogP contribution is 2.38. The van der Waals surface area contributed by atoms with E-state index in [9.17, 15) is 0 Å². The Morgan fingerprint density at radius 3 is 2.96 bits per heavy atom. The zero-order valence-electron chi connectivity index (χ0n) is 12.6. The van der Waals surface area contributed by atoms with Gasteiger partial charge >= 0.3 is 6.01 Å². The zero-order valence-corrected chi connectivity index (χ0v) is 12.6. The number of aromatic nitrogens is 4. The summed E-state index contributed by atoms with van der Waals surface area (Å²) >= 11 is 0. The van der Waals surface area contributed by atoms with E-state index in [0.717, 1.165) is 0 Å². The minimum atomic E-state index is -0.178. The fourth-order valence-corrected chi connectivity index (χ4v) is 3.22. The van der Waals surface area contributed by atoms with E-state index in [2.05, 4.69) is 15.5 Å². The van der Waals surface area contributed by atoms with Gasteiger partial charge in [0.15, 0.2) is 11.5 Å². The topological polar surface area (TPSA) is 116 Å². The van der Waals surface area contributed by atoms with Crippen LogP contribution >= 0.6 is 0 Å².